The van der Waals surface area contributed by atoms with Crippen molar-refractivity contribution in [1.82, 2.24) is 14.8 Å². The van der Waals surface area contributed by atoms with Crippen molar-refractivity contribution in [2.75, 3.05) is 5.32 Å². The zero-order valence-electron chi connectivity index (χ0n) is 10.9. The van der Waals surface area contributed by atoms with Gasteiger partial charge >= 0.3 is 0 Å². The number of aromatic nitrogens is 3. The number of pyridine rings is 1. The van der Waals surface area contributed by atoms with E-state index in [1.54, 1.807) is 0 Å². The van der Waals surface area contributed by atoms with Gasteiger partial charge < -0.3 is 5.32 Å². The predicted molar refractivity (Wildman–Crippen MR) is 77.0 cm³/mol. The second kappa shape index (κ2) is 5.10. The first kappa shape index (κ1) is 11.7. The van der Waals surface area contributed by atoms with Crippen LogP contribution in [0.25, 0.3) is 10.9 Å². The monoisotopic (exact) mass is 252 g/mol. The molecule has 2 heterocycles. The molecule has 0 radical (unpaired) electrons. The third kappa shape index (κ3) is 2.57. The Kier molecular flexibility index (Phi) is 3.14. The first-order chi connectivity index (χ1) is 9.35. The molecule has 0 atom stereocenters. The van der Waals surface area contributed by atoms with Gasteiger partial charge in [-0.25, -0.2) is 0 Å². The fraction of sp³-hybridized carbons (Fsp3) is 0.200. The molecular weight excluding hydrogens is 236 g/mol. The van der Waals surface area contributed by atoms with Crippen LogP contribution in [0.15, 0.2) is 48.9 Å². The maximum absolute atomic E-state index is 4.31. The minimum Gasteiger partial charge on any atom is -0.381 e. The topological polar surface area (TPSA) is 42.7 Å². The molecule has 0 saturated heterocycles. The highest BCUT2D eigenvalue weighted by Crippen LogP contribution is 2.17. The molecule has 0 aliphatic carbocycles. The summed E-state index contributed by atoms with van der Waals surface area (Å²) in [5.41, 5.74) is 3.31. The summed E-state index contributed by atoms with van der Waals surface area (Å²) in [4.78, 5) is 4.31. The molecule has 2 aromatic heterocycles. The molecule has 3 aromatic rings. The lowest BCUT2D eigenvalue weighted by molar-refractivity contribution is 0.659. The summed E-state index contributed by atoms with van der Waals surface area (Å²) in [6, 6.07) is 10.2. The van der Waals surface area contributed by atoms with E-state index in [0.29, 0.717) is 0 Å². The normalized spacial score (nSPS) is 10.8. The molecule has 0 unspecified atom stereocenters. The summed E-state index contributed by atoms with van der Waals surface area (Å²) in [6.07, 6.45) is 5.78. The standard InChI is InChI=1S/C15H16N4/c1-2-19-11-12(10-18-19)9-17-14-5-6-15-13(8-14)4-3-7-16-15/h3-8,10-11,17H,2,9H2,1H3. The van der Waals surface area contributed by atoms with Gasteiger partial charge in [-0.2, -0.15) is 5.10 Å². The van der Waals surface area contributed by atoms with Crippen LogP contribution in [0.5, 0.6) is 0 Å². The molecule has 0 spiro atoms. The van der Waals surface area contributed by atoms with E-state index in [9.17, 15) is 0 Å². The summed E-state index contributed by atoms with van der Waals surface area (Å²) in [6.45, 7) is 3.77. The fourth-order valence-corrected chi connectivity index (χ4v) is 2.06. The van der Waals surface area contributed by atoms with Gasteiger partial charge in [0, 0.05) is 42.1 Å². The van der Waals surface area contributed by atoms with Crippen molar-refractivity contribution >= 4 is 16.6 Å². The molecule has 0 aliphatic rings. The number of hydrogen-bond donors (Lipinski definition) is 1. The molecule has 0 fully saturated rings. The fourth-order valence-electron chi connectivity index (χ4n) is 2.06. The van der Waals surface area contributed by atoms with E-state index in [1.807, 2.05) is 29.2 Å². The first-order valence-electron chi connectivity index (χ1n) is 6.45. The average molecular weight is 252 g/mol. The maximum Gasteiger partial charge on any atom is 0.0703 e. The lowest BCUT2D eigenvalue weighted by Gasteiger charge is -2.05. The Balaban J connectivity index is 1.74. The van der Waals surface area contributed by atoms with E-state index in [-0.39, 0.29) is 0 Å². The largest absolute Gasteiger partial charge is 0.381 e. The highest BCUT2D eigenvalue weighted by molar-refractivity contribution is 5.82. The molecule has 0 saturated carbocycles. The molecular formula is C15H16N4. The van der Waals surface area contributed by atoms with E-state index in [0.717, 1.165) is 29.7 Å². The van der Waals surface area contributed by atoms with Crippen LogP contribution in [0.3, 0.4) is 0 Å². The van der Waals surface area contributed by atoms with Gasteiger partial charge in [-0.15, -0.1) is 0 Å². The van der Waals surface area contributed by atoms with Crippen molar-refractivity contribution in [3.05, 3.63) is 54.5 Å². The summed E-state index contributed by atoms with van der Waals surface area (Å²) in [5, 5.41) is 8.82. The van der Waals surface area contributed by atoms with Crippen molar-refractivity contribution in [2.24, 2.45) is 0 Å². The van der Waals surface area contributed by atoms with Crippen LogP contribution < -0.4 is 5.32 Å². The van der Waals surface area contributed by atoms with Crippen LogP contribution in [-0.2, 0) is 13.1 Å². The first-order valence-corrected chi connectivity index (χ1v) is 6.45. The SMILES string of the molecule is CCn1cc(CNc2ccc3ncccc3c2)cn1. The van der Waals surface area contributed by atoms with Gasteiger partial charge in [0.1, 0.15) is 0 Å². The predicted octanol–water partition coefficient (Wildman–Crippen LogP) is 3.06. The highest BCUT2D eigenvalue weighted by atomic mass is 15.3. The average Bonchev–Trinajstić information content (AvgIpc) is 2.93. The molecule has 4 heteroatoms. The number of rotatable bonds is 4. The Morgan fingerprint density at radius 3 is 3.05 bits per heavy atom. The zero-order chi connectivity index (χ0) is 13.1. The third-order valence-corrected chi connectivity index (χ3v) is 3.11. The quantitative estimate of drug-likeness (QED) is 0.776. The van der Waals surface area contributed by atoms with Gasteiger partial charge in [0.2, 0.25) is 0 Å². The van der Waals surface area contributed by atoms with Crippen LogP contribution in [0.1, 0.15) is 12.5 Å². The molecule has 4 nitrogen and oxygen atoms in total. The van der Waals surface area contributed by atoms with E-state index in [1.165, 1.54) is 5.56 Å². The Hall–Kier alpha value is -2.36. The Morgan fingerprint density at radius 1 is 1.26 bits per heavy atom. The van der Waals surface area contributed by atoms with Crippen LogP contribution in [0, 0.1) is 0 Å². The van der Waals surface area contributed by atoms with Gasteiger partial charge in [0.15, 0.2) is 0 Å². The molecule has 1 N–H and O–H groups in total. The van der Waals surface area contributed by atoms with Crippen LogP contribution in [-0.4, -0.2) is 14.8 Å². The van der Waals surface area contributed by atoms with E-state index in [2.05, 4.69) is 46.7 Å². The number of nitrogens with one attached hydrogen (secondary N) is 1. The Labute approximate surface area is 112 Å². The molecule has 3 rings (SSSR count). The van der Waals surface area contributed by atoms with Gasteiger partial charge in [-0.3, -0.25) is 9.67 Å². The Bertz CT molecular complexity index is 687. The van der Waals surface area contributed by atoms with Gasteiger partial charge in [0.25, 0.3) is 0 Å². The minimum absolute atomic E-state index is 0.784. The summed E-state index contributed by atoms with van der Waals surface area (Å²) in [5.74, 6) is 0. The van der Waals surface area contributed by atoms with Crippen molar-refractivity contribution in [3.8, 4) is 0 Å². The van der Waals surface area contributed by atoms with Gasteiger partial charge in [-0.05, 0) is 31.2 Å². The van der Waals surface area contributed by atoms with Gasteiger partial charge in [-0.1, -0.05) is 6.07 Å². The third-order valence-electron chi connectivity index (χ3n) is 3.11. The number of aryl methyl sites for hydroxylation is 1. The number of nitrogens with zero attached hydrogens (tertiary/aromatic N) is 3. The minimum atomic E-state index is 0.784. The van der Waals surface area contributed by atoms with Crippen LogP contribution in [0.4, 0.5) is 5.69 Å². The molecule has 19 heavy (non-hydrogen) atoms. The van der Waals surface area contributed by atoms with E-state index < -0.39 is 0 Å². The summed E-state index contributed by atoms with van der Waals surface area (Å²) < 4.78 is 1.93. The smallest absolute Gasteiger partial charge is 0.0703 e. The molecule has 0 aliphatic heterocycles. The van der Waals surface area contributed by atoms with Gasteiger partial charge in [0.05, 0.1) is 11.7 Å². The number of anilines is 1. The van der Waals surface area contributed by atoms with Crippen molar-refractivity contribution < 1.29 is 0 Å². The van der Waals surface area contributed by atoms with Crippen molar-refractivity contribution in [3.63, 3.8) is 0 Å². The molecule has 1 aromatic carbocycles. The highest BCUT2D eigenvalue weighted by Gasteiger charge is 1.99. The van der Waals surface area contributed by atoms with E-state index >= 15 is 0 Å². The Morgan fingerprint density at radius 2 is 2.21 bits per heavy atom. The number of hydrogen-bond acceptors (Lipinski definition) is 3. The van der Waals surface area contributed by atoms with Crippen LogP contribution >= 0.6 is 0 Å². The zero-order valence-corrected chi connectivity index (χ0v) is 10.9. The molecule has 96 valence electrons. The molecule has 0 amide bonds. The maximum atomic E-state index is 4.31. The van der Waals surface area contributed by atoms with Crippen molar-refractivity contribution in [1.29, 1.82) is 0 Å². The molecule has 0 bridgehead atoms. The van der Waals surface area contributed by atoms with Crippen LogP contribution in [0.2, 0.25) is 0 Å². The summed E-state index contributed by atoms with van der Waals surface area (Å²) in [7, 11) is 0. The number of benzene rings is 1. The number of fused-ring (bicyclic) bond motifs is 1. The van der Waals surface area contributed by atoms with E-state index in [4.69, 9.17) is 0 Å². The lowest BCUT2D eigenvalue weighted by Crippen LogP contribution is -1.98. The second-order valence-electron chi connectivity index (χ2n) is 4.47. The summed E-state index contributed by atoms with van der Waals surface area (Å²) >= 11 is 0. The van der Waals surface area contributed by atoms with Crippen molar-refractivity contribution in [2.45, 2.75) is 20.0 Å². The second-order valence-corrected chi connectivity index (χ2v) is 4.47. The lowest BCUT2D eigenvalue weighted by atomic mass is 10.2.